The monoisotopic (exact) mass is 215 g/mol. The fraction of sp³-hybridized carbons (Fsp3) is 0.308. The maximum Gasteiger partial charge on any atom is 0.136 e. The molecule has 0 aliphatic heterocycles. The molecule has 2 rings (SSSR count). The number of rotatable bonds is 2. The molecule has 0 unspecified atom stereocenters. The van der Waals surface area contributed by atoms with Crippen molar-refractivity contribution < 1.29 is 0 Å². The van der Waals surface area contributed by atoms with E-state index in [1.807, 2.05) is 32.2 Å². The average Bonchev–Trinajstić information content (AvgIpc) is 2.26. The average molecular weight is 215 g/mol. The summed E-state index contributed by atoms with van der Waals surface area (Å²) in [5.74, 6) is 1.01. The number of benzene rings is 1. The molecular formula is C13H17N3. The summed E-state index contributed by atoms with van der Waals surface area (Å²) in [6.45, 7) is 2.10. The number of hydrogen-bond donors (Lipinski definition) is 1. The highest BCUT2D eigenvalue weighted by Crippen LogP contribution is 2.29. The molecule has 0 saturated heterocycles. The molecule has 0 aliphatic carbocycles. The van der Waals surface area contributed by atoms with Gasteiger partial charge < -0.3 is 10.2 Å². The number of aryl methyl sites for hydroxylation is 1. The summed E-state index contributed by atoms with van der Waals surface area (Å²) in [6.07, 6.45) is 1.88. The number of fused-ring (bicyclic) bond motifs is 1. The summed E-state index contributed by atoms with van der Waals surface area (Å²) in [7, 11) is 5.96. The summed E-state index contributed by atoms with van der Waals surface area (Å²) in [5.41, 5.74) is 2.33. The van der Waals surface area contributed by atoms with Crippen molar-refractivity contribution in [2.24, 2.45) is 0 Å². The third kappa shape index (κ3) is 1.69. The Hall–Kier alpha value is -1.77. The molecular weight excluding hydrogens is 198 g/mol. The quantitative estimate of drug-likeness (QED) is 0.834. The van der Waals surface area contributed by atoms with Gasteiger partial charge in [-0.1, -0.05) is 17.7 Å². The molecule has 2 aromatic rings. The van der Waals surface area contributed by atoms with Crippen molar-refractivity contribution in [3.63, 3.8) is 0 Å². The lowest BCUT2D eigenvalue weighted by Gasteiger charge is -2.16. The van der Waals surface area contributed by atoms with Gasteiger partial charge in [-0.25, -0.2) is 4.98 Å². The maximum absolute atomic E-state index is 4.48. The van der Waals surface area contributed by atoms with E-state index >= 15 is 0 Å². The number of pyridine rings is 1. The van der Waals surface area contributed by atoms with E-state index in [0.29, 0.717) is 0 Å². The molecule has 1 N–H and O–H groups in total. The first kappa shape index (κ1) is 10.7. The molecule has 0 amide bonds. The molecule has 0 radical (unpaired) electrons. The van der Waals surface area contributed by atoms with E-state index in [-0.39, 0.29) is 0 Å². The molecule has 3 nitrogen and oxygen atoms in total. The van der Waals surface area contributed by atoms with Crippen molar-refractivity contribution in [1.29, 1.82) is 0 Å². The molecule has 0 aliphatic rings. The van der Waals surface area contributed by atoms with Crippen LogP contribution in [0.4, 0.5) is 11.5 Å². The van der Waals surface area contributed by atoms with Crippen LogP contribution in [0.15, 0.2) is 24.4 Å². The van der Waals surface area contributed by atoms with E-state index in [1.165, 1.54) is 16.3 Å². The maximum atomic E-state index is 4.48. The third-order valence-corrected chi connectivity index (χ3v) is 2.72. The minimum Gasteiger partial charge on any atom is -0.386 e. The van der Waals surface area contributed by atoms with Gasteiger partial charge in [-0.05, 0) is 13.0 Å². The van der Waals surface area contributed by atoms with Crippen LogP contribution in [0.5, 0.6) is 0 Å². The van der Waals surface area contributed by atoms with E-state index in [1.54, 1.807) is 0 Å². The summed E-state index contributed by atoms with van der Waals surface area (Å²) >= 11 is 0. The van der Waals surface area contributed by atoms with Crippen LogP contribution in [-0.2, 0) is 0 Å². The Morgan fingerprint density at radius 3 is 2.56 bits per heavy atom. The highest BCUT2D eigenvalue weighted by atomic mass is 15.1. The van der Waals surface area contributed by atoms with E-state index in [4.69, 9.17) is 0 Å². The smallest absolute Gasteiger partial charge is 0.136 e. The van der Waals surface area contributed by atoms with Crippen molar-refractivity contribution in [3.8, 4) is 0 Å². The first-order chi connectivity index (χ1) is 7.63. The standard InChI is InChI=1S/C13H17N3/c1-9-5-6-10-11(7-9)13(16(3)4)15-8-12(10)14-2/h5-8,14H,1-4H3. The Labute approximate surface area is 96.1 Å². The van der Waals surface area contributed by atoms with Gasteiger partial charge in [-0.15, -0.1) is 0 Å². The zero-order chi connectivity index (χ0) is 11.7. The van der Waals surface area contributed by atoms with E-state index in [2.05, 4.69) is 35.4 Å². The van der Waals surface area contributed by atoms with Gasteiger partial charge >= 0.3 is 0 Å². The van der Waals surface area contributed by atoms with Crippen molar-refractivity contribution in [3.05, 3.63) is 30.0 Å². The molecule has 0 fully saturated rings. The molecule has 0 bridgehead atoms. The van der Waals surface area contributed by atoms with Crippen LogP contribution in [0.1, 0.15) is 5.56 Å². The molecule has 16 heavy (non-hydrogen) atoms. The van der Waals surface area contributed by atoms with Gasteiger partial charge in [0.2, 0.25) is 0 Å². The topological polar surface area (TPSA) is 28.2 Å². The summed E-state index contributed by atoms with van der Waals surface area (Å²) in [4.78, 5) is 6.52. The molecule has 1 aromatic heterocycles. The van der Waals surface area contributed by atoms with Crippen LogP contribution in [-0.4, -0.2) is 26.1 Å². The van der Waals surface area contributed by atoms with Gasteiger partial charge in [-0.2, -0.15) is 0 Å². The number of aromatic nitrogens is 1. The minimum atomic E-state index is 1.01. The Morgan fingerprint density at radius 2 is 1.94 bits per heavy atom. The van der Waals surface area contributed by atoms with Crippen molar-refractivity contribution in [2.75, 3.05) is 31.4 Å². The molecule has 0 atom stereocenters. The van der Waals surface area contributed by atoms with Gasteiger partial charge in [0.05, 0.1) is 11.9 Å². The molecule has 1 heterocycles. The van der Waals surface area contributed by atoms with E-state index < -0.39 is 0 Å². The highest BCUT2D eigenvalue weighted by molar-refractivity contribution is 6.00. The number of hydrogen-bond acceptors (Lipinski definition) is 3. The number of nitrogens with zero attached hydrogens (tertiary/aromatic N) is 2. The van der Waals surface area contributed by atoms with Gasteiger partial charge in [0.15, 0.2) is 0 Å². The van der Waals surface area contributed by atoms with Crippen LogP contribution < -0.4 is 10.2 Å². The second kappa shape index (κ2) is 4.00. The lowest BCUT2D eigenvalue weighted by Crippen LogP contribution is -2.11. The van der Waals surface area contributed by atoms with Crippen molar-refractivity contribution in [1.82, 2.24) is 4.98 Å². The zero-order valence-corrected chi connectivity index (χ0v) is 10.2. The summed E-state index contributed by atoms with van der Waals surface area (Å²) < 4.78 is 0. The molecule has 84 valence electrons. The Kier molecular flexibility index (Phi) is 2.69. The molecule has 0 saturated carbocycles. The van der Waals surface area contributed by atoms with E-state index in [9.17, 15) is 0 Å². The summed E-state index contributed by atoms with van der Waals surface area (Å²) in [6, 6.07) is 6.45. The Morgan fingerprint density at radius 1 is 1.19 bits per heavy atom. The van der Waals surface area contributed by atoms with Crippen molar-refractivity contribution in [2.45, 2.75) is 6.92 Å². The largest absolute Gasteiger partial charge is 0.386 e. The lowest BCUT2D eigenvalue weighted by molar-refractivity contribution is 1.08. The minimum absolute atomic E-state index is 1.01. The fourth-order valence-corrected chi connectivity index (χ4v) is 1.90. The first-order valence-corrected chi connectivity index (χ1v) is 5.38. The van der Waals surface area contributed by atoms with Gasteiger partial charge in [-0.3, -0.25) is 0 Å². The predicted molar refractivity (Wildman–Crippen MR) is 70.4 cm³/mol. The molecule has 3 heteroatoms. The van der Waals surface area contributed by atoms with Gasteiger partial charge in [0.25, 0.3) is 0 Å². The number of anilines is 2. The third-order valence-electron chi connectivity index (χ3n) is 2.72. The number of nitrogens with one attached hydrogen (secondary N) is 1. The SMILES string of the molecule is CNc1cnc(N(C)C)c2cc(C)ccc12. The zero-order valence-electron chi connectivity index (χ0n) is 10.2. The lowest BCUT2D eigenvalue weighted by atomic mass is 10.1. The van der Waals surface area contributed by atoms with Crippen molar-refractivity contribution >= 4 is 22.3 Å². The second-order valence-corrected chi connectivity index (χ2v) is 4.19. The molecule has 0 spiro atoms. The molecule has 1 aromatic carbocycles. The Bertz CT molecular complexity index is 518. The van der Waals surface area contributed by atoms with Crippen LogP contribution in [0.25, 0.3) is 10.8 Å². The van der Waals surface area contributed by atoms with Crippen LogP contribution in [0.2, 0.25) is 0 Å². The van der Waals surface area contributed by atoms with E-state index in [0.717, 1.165) is 11.5 Å². The fourth-order valence-electron chi connectivity index (χ4n) is 1.90. The van der Waals surface area contributed by atoms with Crippen LogP contribution >= 0.6 is 0 Å². The second-order valence-electron chi connectivity index (χ2n) is 4.19. The van der Waals surface area contributed by atoms with Gasteiger partial charge in [0.1, 0.15) is 5.82 Å². The Balaban J connectivity index is 2.80. The first-order valence-electron chi connectivity index (χ1n) is 5.38. The van der Waals surface area contributed by atoms with Crippen LogP contribution in [0, 0.1) is 6.92 Å². The highest BCUT2D eigenvalue weighted by Gasteiger charge is 2.08. The predicted octanol–water partition coefficient (Wildman–Crippen LogP) is 2.65. The van der Waals surface area contributed by atoms with Gasteiger partial charge in [0, 0.05) is 31.9 Å². The summed E-state index contributed by atoms with van der Waals surface area (Å²) in [5, 5.41) is 5.58. The van der Waals surface area contributed by atoms with Crippen LogP contribution in [0.3, 0.4) is 0 Å². The normalized spacial score (nSPS) is 10.5.